The molecule has 1 saturated heterocycles. The predicted octanol–water partition coefficient (Wildman–Crippen LogP) is 3.22. The topological polar surface area (TPSA) is 54.5 Å². The highest BCUT2D eigenvalue weighted by Crippen LogP contribution is 2.24. The lowest BCUT2D eigenvalue weighted by Gasteiger charge is -2.36. The van der Waals surface area contributed by atoms with Crippen LogP contribution in [-0.4, -0.2) is 42.0 Å². The van der Waals surface area contributed by atoms with Gasteiger partial charge in [-0.3, -0.25) is 9.78 Å². The Balaban J connectivity index is 1.44. The summed E-state index contributed by atoms with van der Waals surface area (Å²) in [5.74, 6) is 0.757. The number of aromatic nitrogens is 1. The molecule has 2 heterocycles. The van der Waals surface area contributed by atoms with Gasteiger partial charge >= 0.3 is 0 Å². The van der Waals surface area contributed by atoms with E-state index in [-0.39, 0.29) is 18.6 Å². The molecule has 3 aromatic rings. The zero-order chi connectivity index (χ0) is 19.9. The molecule has 1 aromatic heterocycles. The largest absolute Gasteiger partial charge is 0.483 e. The molecule has 5 heteroatoms. The minimum Gasteiger partial charge on any atom is -0.483 e. The molecule has 0 aliphatic carbocycles. The number of piperazine rings is 1. The van der Waals surface area contributed by atoms with Gasteiger partial charge in [0.2, 0.25) is 0 Å². The van der Waals surface area contributed by atoms with Gasteiger partial charge in [-0.05, 0) is 28.8 Å². The van der Waals surface area contributed by atoms with E-state index in [1.807, 2.05) is 59.6 Å². The molecule has 1 aliphatic heterocycles. The Morgan fingerprint density at radius 2 is 1.90 bits per heavy atom. The Hall–Kier alpha value is -3.18. The molecule has 1 N–H and O–H groups in total. The van der Waals surface area contributed by atoms with Crippen molar-refractivity contribution in [3.8, 4) is 5.75 Å². The molecule has 0 spiro atoms. The number of rotatable bonds is 6. The van der Waals surface area contributed by atoms with Crippen molar-refractivity contribution < 1.29 is 9.53 Å². The van der Waals surface area contributed by atoms with Crippen LogP contribution in [0.1, 0.15) is 22.7 Å². The monoisotopic (exact) mass is 387 g/mol. The third kappa shape index (κ3) is 4.81. The van der Waals surface area contributed by atoms with Crippen LogP contribution < -0.4 is 10.1 Å². The van der Waals surface area contributed by atoms with E-state index in [0.717, 1.165) is 36.4 Å². The molecule has 1 atom stereocenters. The first kappa shape index (κ1) is 19.2. The van der Waals surface area contributed by atoms with Crippen molar-refractivity contribution in [3.05, 3.63) is 95.8 Å². The number of amides is 1. The number of carbonyl (C=O) groups excluding carboxylic acids is 1. The van der Waals surface area contributed by atoms with E-state index in [1.165, 1.54) is 5.56 Å². The Morgan fingerprint density at radius 1 is 1.07 bits per heavy atom. The summed E-state index contributed by atoms with van der Waals surface area (Å²) < 4.78 is 5.98. The summed E-state index contributed by atoms with van der Waals surface area (Å²) >= 11 is 0. The van der Waals surface area contributed by atoms with Gasteiger partial charge in [-0.25, -0.2) is 0 Å². The number of hydrogen-bond donors (Lipinski definition) is 1. The number of ether oxygens (including phenoxy) is 1. The molecule has 1 aliphatic rings. The maximum absolute atomic E-state index is 13.0. The molecule has 1 amide bonds. The van der Waals surface area contributed by atoms with Crippen LogP contribution in [0.5, 0.6) is 5.75 Å². The normalized spacial score (nSPS) is 16.4. The molecule has 0 radical (unpaired) electrons. The van der Waals surface area contributed by atoms with Crippen LogP contribution in [0.4, 0.5) is 0 Å². The molecule has 29 heavy (non-hydrogen) atoms. The van der Waals surface area contributed by atoms with Gasteiger partial charge in [-0.15, -0.1) is 0 Å². The maximum atomic E-state index is 13.0. The van der Waals surface area contributed by atoms with Gasteiger partial charge in [0, 0.05) is 38.4 Å². The van der Waals surface area contributed by atoms with E-state index in [9.17, 15) is 4.79 Å². The summed E-state index contributed by atoms with van der Waals surface area (Å²) in [6.45, 7) is 2.20. The zero-order valence-corrected chi connectivity index (χ0v) is 16.3. The Morgan fingerprint density at radius 3 is 2.72 bits per heavy atom. The number of carbonyl (C=O) groups is 1. The third-order valence-electron chi connectivity index (χ3n) is 5.19. The molecule has 2 aromatic carbocycles. The highest BCUT2D eigenvalue weighted by molar-refractivity contribution is 5.78. The fourth-order valence-corrected chi connectivity index (χ4v) is 3.70. The van der Waals surface area contributed by atoms with Crippen LogP contribution in [0, 0.1) is 0 Å². The van der Waals surface area contributed by atoms with Gasteiger partial charge in [0.25, 0.3) is 5.91 Å². The van der Waals surface area contributed by atoms with E-state index < -0.39 is 0 Å². The minimum atomic E-state index is -0.0203. The van der Waals surface area contributed by atoms with Gasteiger partial charge in [0.15, 0.2) is 6.61 Å². The van der Waals surface area contributed by atoms with Crippen molar-refractivity contribution in [1.82, 2.24) is 15.2 Å². The second-order valence-electron chi connectivity index (χ2n) is 7.15. The molecule has 0 saturated carbocycles. The van der Waals surface area contributed by atoms with E-state index in [4.69, 9.17) is 4.74 Å². The Labute approximate surface area is 171 Å². The molecule has 4 rings (SSSR count). The van der Waals surface area contributed by atoms with Gasteiger partial charge in [-0.2, -0.15) is 0 Å². The predicted molar refractivity (Wildman–Crippen MR) is 113 cm³/mol. The quantitative estimate of drug-likeness (QED) is 0.706. The average Bonchev–Trinajstić information content (AvgIpc) is 2.79. The number of hydrogen-bond acceptors (Lipinski definition) is 4. The number of nitrogens with one attached hydrogen (secondary N) is 1. The van der Waals surface area contributed by atoms with E-state index in [1.54, 1.807) is 6.20 Å². The van der Waals surface area contributed by atoms with Crippen molar-refractivity contribution in [2.75, 3.05) is 26.2 Å². The number of pyridine rings is 1. The summed E-state index contributed by atoms with van der Waals surface area (Å²) in [7, 11) is 0. The van der Waals surface area contributed by atoms with Crippen molar-refractivity contribution in [1.29, 1.82) is 0 Å². The summed E-state index contributed by atoms with van der Waals surface area (Å²) in [4.78, 5) is 19.1. The lowest BCUT2D eigenvalue weighted by Crippen LogP contribution is -2.50. The standard InChI is InChI=1S/C24H25N3O2/c28-24(27-14-13-26-17-22(27)21-10-6-12-25-16-21)18-29-23-11-5-4-9-20(23)15-19-7-2-1-3-8-19/h1-12,16,22,26H,13-15,17-18H2. The highest BCUT2D eigenvalue weighted by Gasteiger charge is 2.28. The molecule has 1 unspecified atom stereocenters. The number of benzene rings is 2. The first-order chi connectivity index (χ1) is 14.3. The highest BCUT2D eigenvalue weighted by atomic mass is 16.5. The molecule has 0 bridgehead atoms. The van der Waals surface area contributed by atoms with Crippen molar-refractivity contribution >= 4 is 5.91 Å². The number of para-hydroxylation sites is 1. The summed E-state index contributed by atoms with van der Waals surface area (Å²) in [6, 6.07) is 22.1. The molecule has 5 nitrogen and oxygen atoms in total. The Bertz CT molecular complexity index is 931. The average molecular weight is 387 g/mol. The van der Waals surface area contributed by atoms with E-state index in [0.29, 0.717) is 6.54 Å². The summed E-state index contributed by atoms with van der Waals surface area (Å²) in [5, 5.41) is 3.37. The van der Waals surface area contributed by atoms with E-state index in [2.05, 4.69) is 28.5 Å². The zero-order valence-electron chi connectivity index (χ0n) is 16.3. The fourth-order valence-electron chi connectivity index (χ4n) is 3.70. The maximum Gasteiger partial charge on any atom is 0.261 e. The molecule has 1 fully saturated rings. The lowest BCUT2D eigenvalue weighted by atomic mass is 10.0. The SMILES string of the molecule is O=C(COc1ccccc1Cc1ccccc1)N1CCNCC1c1cccnc1. The van der Waals surface area contributed by atoms with Crippen LogP contribution >= 0.6 is 0 Å². The van der Waals surface area contributed by atoms with E-state index >= 15 is 0 Å². The van der Waals surface area contributed by atoms with Gasteiger partial charge in [-0.1, -0.05) is 54.6 Å². The van der Waals surface area contributed by atoms with Gasteiger partial charge < -0.3 is 15.0 Å². The fraction of sp³-hybridized carbons (Fsp3) is 0.250. The van der Waals surface area contributed by atoms with Gasteiger partial charge in [0.1, 0.15) is 5.75 Å². The Kier molecular flexibility index (Phi) is 6.17. The minimum absolute atomic E-state index is 0.00475. The van der Waals surface area contributed by atoms with Crippen LogP contribution in [0.15, 0.2) is 79.1 Å². The van der Waals surface area contributed by atoms with Crippen LogP contribution in [0.25, 0.3) is 0 Å². The summed E-state index contributed by atoms with van der Waals surface area (Å²) in [6.07, 6.45) is 4.35. The van der Waals surface area contributed by atoms with Crippen molar-refractivity contribution in [2.45, 2.75) is 12.5 Å². The van der Waals surface area contributed by atoms with Crippen molar-refractivity contribution in [2.24, 2.45) is 0 Å². The van der Waals surface area contributed by atoms with Crippen LogP contribution in [0.3, 0.4) is 0 Å². The van der Waals surface area contributed by atoms with Gasteiger partial charge in [0.05, 0.1) is 6.04 Å². The second-order valence-corrected chi connectivity index (χ2v) is 7.15. The van der Waals surface area contributed by atoms with Crippen LogP contribution in [0.2, 0.25) is 0 Å². The first-order valence-electron chi connectivity index (χ1n) is 9.96. The second kappa shape index (κ2) is 9.34. The molecule has 148 valence electrons. The third-order valence-corrected chi connectivity index (χ3v) is 5.19. The lowest BCUT2D eigenvalue weighted by molar-refractivity contribution is -0.136. The summed E-state index contributed by atoms with van der Waals surface area (Å²) in [5.41, 5.74) is 3.33. The molecular formula is C24H25N3O2. The number of nitrogens with zero attached hydrogens (tertiary/aromatic N) is 2. The van der Waals surface area contributed by atoms with Crippen LogP contribution in [-0.2, 0) is 11.2 Å². The van der Waals surface area contributed by atoms with Crippen molar-refractivity contribution in [3.63, 3.8) is 0 Å². The smallest absolute Gasteiger partial charge is 0.261 e. The molecular weight excluding hydrogens is 362 g/mol. The first-order valence-corrected chi connectivity index (χ1v) is 9.96.